The van der Waals surface area contributed by atoms with Crippen molar-refractivity contribution in [3.8, 4) is 0 Å². The smallest absolute Gasteiger partial charge is 0.308 e. The molecule has 182 valence electrons. The van der Waals surface area contributed by atoms with Crippen LogP contribution in [0.3, 0.4) is 0 Å². The minimum absolute atomic E-state index is 0.0394. The first-order chi connectivity index (χ1) is 16.1. The number of piperidine rings is 1. The molecule has 1 saturated heterocycles. The van der Waals surface area contributed by atoms with E-state index in [4.69, 9.17) is 23.2 Å². The molecule has 1 atom stereocenters. The van der Waals surface area contributed by atoms with Crippen molar-refractivity contribution >= 4 is 66.4 Å². The molecule has 1 aliphatic heterocycles. The van der Waals surface area contributed by atoms with Crippen LogP contribution in [0.2, 0.25) is 10.0 Å². The van der Waals surface area contributed by atoms with Crippen LogP contribution < -0.4 is 10.2 Å². The number of nitrogens with one attached hydrogen (secondary N) is 1. The van der Waals surface area contributed by atoms with Crippen LogP contribution in [-0.2, 0) is 20.6 Å². The maximum absolute atomic E-state index is 13.1. The van der Waals surface area contributed by atoms with E-state index in [9.17, 15) is 18.0 Å². The Labute approximate surface area is 212 Å². The van der Waals surface area contributed by atoms with Gasteiger partial charge in [0.2, 0.25) is 15.9 Å². The van der Waals surface area contributed by atoms with Crippen LogP contribution >= 0.6 is 34.5 Å². The van der Waals surface area contributed by atoms with Crippen molar-refractivity contribution in [2.24, 2.45) is 5.92 Å². The molecule has 0 saturated carbocycles. The lowest BCUT2D eigenvalue weighted by Gasteiger charge is -2.31. The number of carbonyl (C=O) groups excluding carboxylic acids is 1. The Bertz CT molecular complexity index is 1380. The molecule has 1 N–H and O–H groups in total. The quantitative estimate of drug-likeness (QED) is 0.468. The molecule has 11 heteroatoms. The summed E-state index contributed by atoms with van der Waals surface area (Å²) in [5, 5.41) is 3.49. The predicted molar refractivity (Wildman–Crippen MR) is 138 cm³/mol. The van der Waals surface area contributed by atoms with E-state index < -0.39 is 15.9 Å². The molecule has 1 fully saturated rings. The van der Waals surface area contributed by atoms with Gasteiger partial charge in [-0.1, -0.05) is 40.6 Å². The number of halogens is 2. The van der Waals surface area contributed by atoms with Crippen LogP contribution in [0.4, 0.5) is 5.69 Å². The maximum Gasteiger partial charge on any atom is 0.308 e. The summed E-state index contributed by atoms with van der Waals surface area (Å²) < 4.78 is 30.0. The second-order valence-electron chi connectivity index (χ2n) is 8.66. The number of anilines is 1. The lowest BCUT2D eigenvalue weighted by molar-refractivity contribution is -0.120. The highest BCUT2D eigenvalue weighted by molar-refractivity contribution is 7.88. The number of fused-ring (bicyclic) bond motifs is 1. The number of hydrogen-bond acceptors (Lipinski definition) is 5. The van der Waals surface area contributed by atoms with Gasteiger partial charge in [-0.3, -0.25) is 14.2 Å². The zero-order valence-electron chi connectivity index (χ0n) is 18.8. The first-order valence-electron chi connectivity index (χ1n) is 10.9. The summed E-state index contributed by atoms with van der Waals surface area (Å²) in [4.78, 5) is 25.2. The largest absolute Gasteiger partial charge is 0.326 e. The number of aromatic nitrogens is 1. The first kappa shape index (κ1) is 25.2. The van der Waals surface area contributed by atoms with Crippen LogP contribution in [0.15, 0.2) is 41.2 Å². The van der Waals surface area contributed by atoms with Crippen molar-refractivity contribution in [2.75, 3.05) is 18.4 Å². The highest BCUT2D eigenvalue weighted by Crippen LogP contribution is 2.30. The maximum atomic E-state index is 13.1. The van der Waals surface area contributed by atoms with E-state index >= 15 is 0 Å². The fourth-order valence-corrected chi connectivity index (χ4v) is 7.62. The predicted octanol–water partition coefficient (Wildman–Crippen LogP) is 5.13. The molecule has 3 aromatic rings. The molecular formula is C23H25Cl2N3O4S2. The Morgan fingerprint density at radius 3 is 2.59 bits per heavy atom. The highest BCUT2D eigenvalue weighted by atomic mass is 35.5. The van der Waals surface area contributed by atoms with Crippen molar-refractivity contribution in [3.05, 3.63) is 61.7 Å². The number of benzene rings is 2. The molecule has 0 radical (unpaired) electrons. The number of rotatable bonds is 6. The van der Waals surface area contributed by atoms with Crippen LogP contribution in [0.1, 0.15) is 38.3 Å². The van der Waals surface area contributed by atoms with Crippen molar-refractivity contribution in [2.45, 2.75) is 38.5 Å². The SMILES string of the molecule is CC(C)n1c(=O)sc2cc(NC(=O)[C@H]3CCCN(S(=O)(=O)Cc4c(Cl)cccc4Cl)C3)ccc21. The van der Waals surface area contributed by atoms with E-state index in [-0.39, 0.29) is 29.1 Å². The summed E-state index contributed by atoms with van der Waals surface area (Å²) in [5.41, 5.74) is 1.77. The molecule has 4 rings (SSSR count). The van der Waals surface area contributed by atoms with Crippen LogP contribution in [-0.4, -0.2) is 36.3 Å². The Morgan fingerprint density at radius 2 is 1.91 bits per heavy atom. The van der Waals surface area contributed by atoms with Gasteiger partial charge in [0.25, 0.3) is 0 Å². The molecule has 0 bridgehead atoms. The lowest BCUT2D eigenvalue weighted by atomic mass is 9.98. The van der Waals surface area contributed by atoms with E-state index in [1.54, 1.807) is 34.9 Å². The molecule has 0 unspecified atom stereocenters. The van der Waals surface area contributed by atoms with Gasteiger partial charge in [-0.25, -0.2) is 12.7 Å². The summed E-state index contributed by atoms with van der Waals surface area (Å²) >= 11 is 13.5. The average molecular weight is 543 g/mol. The fraction of sp³-hybridized carbons (Fsp3) is 0.391. The number of sulfonamides is 1. The van der Waals surface area contributed by atoms with Gasteiger partial charge in [-0.05, 0) is 57.0 Å². The van der Waals surface area contributed by atoms with Crippen molar-refractivity contribution < 1.29 is 13.2 Å². The second-order valence-corrected chi connectivity index (χ2v) is 12.4. The molecule has 2 aromatic carbocycles. The van der Waals surface area contributed by atoms with Gasteiger partial charge >= 0.3 is 4.87 Å². The standard InChI is InChI=1S/C23H25Cl2N3O4S2/c1-14(2)28-20-9-8-16(11-21(20)33-23(28)30)26-22(29)15-5-4-10-27(12-15)34(31,32)13-17-18(24)6-3-7-19(17)25/h3,6-9,11,14-15H,4-5,10,12-13H2,1-2H3,(H,26,29)/t15-/m0/s1. The van der Waals surface area contributed by atoms with Crippen LogP contribution in [0, 0.1) is 5.92 Å². The van der Waals surface area contributed by atoms with Gasteiger partial charge in [-0.2, -0.15) is 0 Å². The number of carbonyl (C=O) groups is 1. The minimum Gasteiger partial charge on any atom is -0.326 e. The molecule has 1 amide bonds. The summed E-state index contributed by atoms with van der Waals surface area (Å²) in [7, 11) is -3.71. The molecule has 2 heterocycles. The van der Waals surface area contributed by atoms with E-state index in [0.717, 1.165) is 21.6 Å². The number of thiazole rings is 1. The van der Waals surface area contributed by atoms with Gasteiger partial charge in [-0.15, -0.1) is 0 Å². The van der Waals surface area contributed by atoms with Crippen LogP contribution in [0.5, 0.6) is 0 Å². The van der Waals surface area contributed by atoms with Crippen molar-refractivity contribution in [3.63, 3.8) is 0 Å². The van der Waals surface area contributed by atoms with E-state index in [1.807, 2.05) is 19.9 Å². The van der Waals surface area contributed by atoms with E-state index in [0.29, 0.717) is 40.7 Å². The van der Waals surface area contributed by atoms with Crippen molar-refractivity contribution in [1.29, 1.82) is 0 Å². The van der Waals surface area contributed by atoms with E-state index in [1.165, 1.54) is 4.31 Å². The van der Waals surface area contributed by atoms with Gasteiger partial charge in [0.15, 0.2) is 0 Å². The van der Waals surface area contributed by atoms with Crippen LogP contribution in [0.25, 0.3) is 10.2 Å². The van der Waals surface area contributed by atoms with Crippen molar-refractivity contribution in [1.82, 2.24) is 8.87 Å². The molecule has 0 spiro atoms. The van der Waals surface area contributed by atoms with Gasteiger partial charge in [0, 0.05) is 40.4 Å². The number of amides is 1. The highest BCUT2D eigenvalue weighted by Gasteiger charge is 2.33. The fourth-order valence-electron chi connectivity index (χ4n) is 4.20. The minimum atomic E-state index is -3.71. The van der Waals surface area contributed by atoms with Gasteiger partial charge in [0.05, 0.1) is 21.9 Å². The zero-order chi connectivity index (χ0) is 24.6. The summed E-state index contributed by atoms with van der Waals surface area (Å²) in [6.07, 6.45) is 1.16. The monoisotopic (exact) mass is 541 g/mol. The Hall–Kier alpha value is -1.91. The lowest BCUT2D eigenvalue weighted by Crippen LogP contribution is -2.44. The number of hydrogen-bond donors (Lipinski definition) is 1. The molecule has 34 heavy (non-hydrogen) atoms. The molecule has 1 aliphatic rings. The third-order valence-electron chi connectivity index (χ3n) is 5.93. The summed E-state index contributed by atoms with van der Waals surface area (Å²) in [5.74, 6) is -1.05. The average Bonchev–Trinajstić information content (AvgIpc) is 3.11. The summed E-state index contributed by atoms with van der Waals surface area (Å²) in [6.45, 7) is 4.34. The zero-order valence-corrected chi connectivity index (χ0v) is 21.9. The molecular weight excluding hydrogens is 517 g/mol. The van der Waals surface area contributed by atoms with Gasteiger partial charge in [0.1, 0.15) is 0 Å². The van der Waals surface area contributed by atoms with E-state index in [2.05, 4.69) is 5.32 Å². The molecule has 7 nitrogen and oxygen atoms in total. The Balaban J connectivity index is 1.48. The topological polar surface area (TPSA) is 88.5 Å². The second kappa shape index (κ2) is 9.99. The molecule has 1 aromatic heterocycles. The summed E-state index contributed by atoms with van der Waals surface area (Å²) in [6, 6.07) is 10.3. The Kier molecular flexibility index (Phi) is 7.40. The van der Waals surface area contributed by atoms with Gasteiger partial charge < -0.3 is 5.32 Å². The molecule has 0 aliphatic carbocycles. The number of nitrogens with zero attached hydrogens (tertiary/aromatic N) is 2. The first-order valence-corrected chi connectivity index (χ1v) is 14.1. The third-order valence-corrected chi connectivity index (χ3v) is 9.33. The third kappa shape index (κ3) is 5.18. The Morgan fingerprint density at radius 1 is 1.21 bits per heavy atom. The normalized spacial score (nSPS) is 17.4.